The summed E-state index contributed by atoms with van der Waals surface area (Å²) < 4.78 is 58.6. The third-order valence-electron chi connectivity index (χ3n) is 6.80. The summed E-state index contributed by atoms with van der Waals surface area (Å²) in [7, 11) is -4.45. The standard InChI is InChI=1S/C34H35F2N3O4S/c1-34(2,3)37-33(41)31(22-25-14-6-4-7-15-25)38(23-26-16-10-11-19-28(26)35)32(40)24-39(30-21-13-12-20-29(30)36)44(42,43)27-17-8-5-9-18-27/h4-21,31H,22-24H2,1-3H3,(H,37,41)/t31-/m1/s1. The van der Waals surface area contributed by atoms with E-state index >= 15 is 4.39 Å². The zero-order valence-electron chi connectivity index (χ0n) is 24.8. The lowest BCUT2D eigenvalue weighted by atomic mass is 10.0. The number of benzene rings is 4. The summed E-state index contributed by atoms with van der Waals surface area (Å²) in [6, 6.07) is 26.3. The Morgan fingerprint density at radius 3 is 1.91 bits per heavy atom. The predicted octanol–water partition coefficient (Wildman–Crippen LogP) is 5.71. The van der Waals surface area contributed by atoms with Crippen molar-refractivity contribution >= 4 is 27.5 Å². The van der Waals surface area contributed by atoms with E-state index in [2.05, 4.69) is 5.32 Å². The van der Waals surface area contributed by atoms with Gasteiger partial charge in [0.25, 0.3) is 10.0 Å². The molecule has 4 aromatic carbocycles. The van der Waals surface area contributed by atoms with Crippen molar-refractivity contribution in [1.29, 1.82) is 0 Å². The van der Waals surface area contributed by atoms with Crippen LogP contribution in [0.2, 0.25) is 0 Å². The summed E-state index contributed by atoms with van der Waals surface area (Å²) >= 11 is 0. The Bertz CT molecular complexity index is 1690. The molecule has 4 rings (SSSR count). The number of rotatable bonds is 11. The maximum atomic E-state index is 15.2. The van der Waals surface area contributed by atoms with E-state index in [4.69, 9.17) is 0 Å². The van der Waals surface area contributed by atoms with E-state index in [1.54, 1.807) is 57.2 Å². The van der Waals surface area contributed by atoms with Gasteiger partial charge in [0.2, 0.25) is 11.8 Å². The third kappa shape index (κ3) is 8.08. The quantitative estimate of drug-likeness (QED) is 0.233. The van der Waals surface area contributed by atoms with Gasteiger partial charge in [-0.1, -0.05) is 78.9 Å². The minimum absolute atomic E-state index is 0.0636. The molecule has 1 atom stereocenters. The molecule has 44 heavy (non-hydrogen) atoms. The van der Waals surface area contributed by atoms with Gasteiger partial charge in [0.05, 0.1) is 10.6 Å². The van der Waals surface area contributed by atoms with Crippen LogP contribution in [0.15, 0.2) is 114 Å². The first-order chi connectivity index (χ1) is 20.9. The van der Waals surface area contributed by atoms with E-state index in [0.29, 0.717) is 4.31 Å². The summed E-state index contributed by atoms with van der Waals surface area (Å²) in [5.74, 6) is -2.77. The maximum Gasteiger partial charge on any atom is 0.264 e. The Balaban J connectivity index is 1.83. The molecule has 4 aromatic rings. The number of nitrogens with zero attached hydrogens (tertiary/aromatic N) is 2. The van der Waals surface area contributed by atoms with Crippen molar-refractivity contribution in [2.45, 2.75) is 50.2 Å². The first-order valence-electron chi connectivity index (χ1n) is 14.1. The van der Waals surface area contributed by atoms with E-state index in [-0.39, 0.29) is 29.1 Å². The molecule has 0 aliphatic rings. The van der Waals surface area contributed by atoms with Crippen LogP contribution in [0.4, 0.5) is 14.5 Å². The zero-order valence-corrected chi connectivity index (χ0v) is 25.6. The van der Waals surface area contributed by atoms with Gasteiger partial charge in [-0.15, -0.1) is 0 Å². The fourth-order valence-corrected chi connectivity index (χ4v) is 6.15. The van der Waals surface area contributed by atoms with Gasteiger partial charge in [0.1, 0.15) is 24.2 Å². The van der Waals surface area contributed by atoms with Crippen LogP contribution in [0.1, 0.15) is 31.9 Å². The van der Waals surface area contributed by atoms with Crippen LogP contribution >= 0.6 is 0 Å². The second-order valence-corrected chi connectivity index (χ2v) is 13.2. The fraction of sp³-hybridized carbons (Fsp3) is 0.235. The number of halogens is 2. The molecule has 0 saturated carbocycles. The van der Waals surface area contributed by atoms with Crippen LogP contribution in [0, 0.1) is 11.6 Å². The molecule has 230 valence electrons. The van der Waals surface area contributed by atoms with E-state index in [9.17, 15) is 22.4 Å². The molecular formula is C34H35F2N3O4S. The number of carbonyl (C=O) groups excluding carboxylic acids is 2. The Hall–Kier alpha value is -4.57. The minimum Gasteiger partial charge on any atom is -0.350 e. The van der Waals surface area contributed by atoms with Crippen LogP contribution in [0.25, 0.3) is 0 Å². The van der Waals surface area contributed by atoms with Crippen LogP contribution in [-0.4, -0.2) is 43.3 Å². The summed E-state index contributed by atoms with van der Waals surface area (Å²) in [5.41, 5.74) is -0.148. The van der Waals surface area contributed by atoms with Crippen molar-refractivity contribution in [3.63, 3.8) is 0 Å². The normalized spacial score (nSPS) is 12.3. The lowest BCUT2D eigenvalue weighted by Gasteiger charge is -2.35. The summed E-state index contributed by atoms with van der Waals surface area (Å²) in [5, 5.41) is 2.91. The molecule has 0 fully saturated rings. The maximum absolute atomic E-state index is 15.2. The molecule has 0 bridgehead atoms. The highest BCUT2D eigenvalue weighted by Crippen LogP contribution is 2.27. The second-order valence-electron chi connectivity index (χ2n) is 11.3. The molecule has 10 heteroatoms. The molecule has 0 heterocycles. The Morgan fingerprint density at radius 1 is 0.773 bits per heavy atom. The highest BCUT2D eigenvalue weighted by atomic mass is 32.2. The Kier molecular flexibility index (Phi) is 10.2. The largest absolute Gasteiger partial charge is 0.350 e. The topological polar surface area (TPSA) is 86.8 Å². The van der Waals surface area contributed by atoms with Gasteiger partial charge in [-0.3, -0.25) is 13.9 Å². The predicted molar refractivity (Wildman–Crippen MR) is 166 cm³/mol. The summed E-state index contributed by atoms with van der Waals surface area (Å²) in [4.78, 5) is 29.2. The van der Waals surface area contributed by atoms with Crippen molar-refractivity contribution in [3.8, 4) is 0 Å². The molecule has 0 radical (unpaired) electrons. The molecule has 0 unspecified atom stereocenters. The van der Waals surface area contributed by atoms with Crippen molar-refractivity contribution in [3.05, 3.63) is 132 Å². The average Bonchev–Trinajstić information content (AvgIpc) is 2.99. The van der Waals surface area contributed by atoms with Crippen LogP contribution in [0.5, 0.6) is 0 Å². The monoisotopic (exact) mass is 619 g/mol. The van der Waals surface area contributed by atoms with Gasteiger partial charge in [0.15, 0.2) is 0 Å². The number of carbonyl (C=O) groups is 2. The third-order valence-corrected chi connectivity index (χ3v) is 8.57. The van der Waals surface area contributed by atoms with Gasteiger partial charge >= 0.3 is 0 Å². The molecule has 0 spiro atoms. The van der Waals surface area contributed by atoms with Gasteiger partial charge < -0.3 is 10.2 Å². The first-order valence-corrected chi connectivity index (χ1v) is 15.5. The van der Waals surface area contributed by atoms with Gasteiger partial charge in [-0.05, 0) is 56.7 Å². The molecule has 1 N–H and O–H groups in total. The van der Waals surface area contributed by atoms with E-state index < -0.39 is 51.6 Å². The number of hydrogen-bond donors (Lipinski definition) is 1. The van der Waals surface area contributed by atoms with Gasteiger partial charge in [-0.25, -0.2) is 17.2 Å². The first kappa shape index (κ1) is 32.3. The van der Waals surface area contributed by atoms with E-state index in [0.717, 1.165) is 11.6 Å². The molecule has 0 aromatic heterocycles. The van der Waals surface area contributed by atoms with E-state index in [1.165, 1.54) is 65.6 Å². The van der Waals surface area contributed by atoms with Gasteiger partial charge in [-0.2, -0.15) is 0 Å². The average molecular weight is 620 g/mol. The zero-order chi connectivity index (χ0) is 31.9. The number of amides is 2. The Morgan fingerprint density at radius 2 is 1.32 bits per heavy atom. The highest BCUT2D eigenvalue weighted by molar-refractivity contribution is 7.92. The number of nitrogens with one attached hydrogen (secondary N) is 1. The summed E-state index contributed by atoms with van der Waals surface area (Å²) in [6.07, 6.45) is 0.0636. The fourth-order valence-electron chi connectivity index (χ4n) is 4.70. The van der Waals surface area contributed by atoms with E-state index in [1.807, 2.05) is 6.07 Å². The van der Waals surface area contributed by atoms with Crippen molar-refractivity contribution in [2.24, 2.45) is 0 Å². The van der Waals surface area contributed by atoms with Crippen LogP contribution in [-0.2, 0) is 32.6 Å². The lowest BCUT2D eigenvalue weighted by Crippen LogP contribution is -2.56. The van der Waals surface area contributed by atoms with Crippen molar-refractivity contribution in [2.75, 3.05) is 10.8 Å². The van der Waals surface area contributed by atoms with Crippen LogP contribution in [0.3, 0.4) is 0 Å². The Labute approximate surface area is 257 Å². The molecule has 2 amide bonds. The second kappa shape index (κ2) is 13.8. The van der Waals surface area contributed by atoms with Crippen molar-refractivity contribution in [1.82, 2.24) is 10.2 Å². The highest BCUT2D eigenvalue weighted by Gasteiger charge is 2.36. The molecule has 0 aliphatic carbocycles. The number of anilines is 1. The van der Waals surface area contributed by atoms with Crippen LogP contribution < -0.4 is 9.62 Å². The number of hydrogen-bond acceptors (Lipinski definition) is 4. The SMILES string of the molecule is CC(C)(C)NC(=O)[C@@H](Cc1ccccc1)N(Cc1ccccc1F)C(=O)CN(c1ccccc1F)S(=O)(=O)c1ccccc1. The molecule has 0 saturated heterocycles. The van der Waals surface area contributed by atoms with Gasteiger partial charge in [0, 0.05) is 24.1 Å². The molecule has 7 nitrogen and oxygen atoms in total. The molecular weight excluding hydrogens is 584 g/mol. The number of para-hydroxylation sites is 1. The smallest absolute Gasteiger partial charge is 0.264 e. The summed E-state index contributed by atoms with van der Waals surface area (Å²) in [6.45, 7) is 4.19. The lowest BCUT2D eigenvalue weighted by molar-refractivity contribution is -0.140. The number of sulfonamides is 1. The minimum atomic E-state index is -4.45. The van der Waals surface area contributed by atoms with Crippen molar-refractivity contribution < 1.29 is 26.8 Å². The molecule has 0 aliphatic heterocycles.